The van der Waals surface area contributed by atoms with E-state index in [-0.39, 0.29) is 18.7 Å². The molecule has 0 bridgehead atoms. The SMILES string of the molecule is Cc1cc(Cl)ccc1NC(=O)NC(CO)CC(C)C. The van der Waals surface area contributed by atoms with Crippen molar-refractivity contribution >= 4 is 23.3 Å². The maximum absolute atomic E-state index is 11.8. The summed E-state index contributed by atoms with van der Waals surface area (Å²) in [4.78, 5) is 11.8. The third-order valence-electron chi connectivity index (χ3n) is 2.75. The number of nitrogens with one attached hydrogen (secondary N) is 2. The predicted octanol–water partition coefficient (Wildman–Crippen LogP) is 3.18. The van der Waals surface area contributed by atoms with Gasteiger partial charge in [0, 0.05) is 10.7 Å². The van der Waals surface area contributed by atoms with Gasteiger partial charge in [0.1, 0.15) is 0 Å². The summed E-state index contributed by atoms with van der Waals surface area (Å²) in [7, 11) is 0. The van der Waals surface area contributed by atoms with Crippen LogP contribution in [0, 0.1) is 12.8 Å². The molecule has 0 saturated heterocycles. The van der Waals surface area contributed by atoms with Gasteiger partial charge in [-0.05, 0) is 43.0 Å². The molecule has 2 amide bonds. The molecule has 19 heavy (non-hydrogen) atoms. The van der Waals surface area contributed by atoms with Crippen molar-refractivity contribution in [2.75, 3.05) is 11.9 Å². The second-order valence-corrected chi connectivity index (χ2v) is 5.50. The van der Waals surface area contributed by atoms with Gasteiger partial charge in [-0.2, -0.15) is 0 Å². The predicted molar refractivity (Wildman–Crippen MR) is 78.7 cm³/mol. The fraction of sp³-hybridized carbons (Fsp3) is 0.500. The van der Waals surface area contributed by atoms with Crippen LogP contribution in [0.1, 0.15) is 25.8 Å². The zero-order chi connectivity index (χ0) is 14.4. The lowest BCUT2D eigenvalue weighted by molar-refractivity contribution is 0.214. The Morgan fingerprint density at radius 1 is 1.42 bits per heavy atom. The minimum atomic E-state index is -0.315. The summed E-state index contributed by atoms with van der Waals surface area (Å²) < 4.78 is 0. The van der Waals surface area contributed by atoms with E-state index in [0.29, 0.717) is 16.6 Å². The lowest BCUT2D eigenvalue weighted by atomic mass is 10.0. The number of carbonyl (C=O) groups is 1. The van der Waals surface area contributed by atoms with Gasteiger partial charge in [0.15, 0.2) is 0 Å². The van der Waals surface area contributed by atoms with E-state index in [1.807, 2.05) is 20.8 Å². The number of halogens is 1. The maximum Gasteiger partial charge on any atom is 0.319 e. The van der Waals surface area contributed by atoms with Crippen molar-refractivity contribution in [3.8, 4) is 0 Å². The summed E-state index contributed by atoms with van der Waals surface area (Å²) in [5.41, 5.74) is 1.61. The highest BCUT2D eigenvalue weighted by Crippen LogP contribution is 2.19. The zero-order valence-corrected chi connectivity index (χ0v) is 12.3. The lowest BCUT2D eigenvalue weighted by Gasteiger charge is -2.19. The Morgan fingerprint density at radius 2 is 2.11 bits per heavy atom. The number of hydrogen-bond acceptors (Lipinski definition) is 2. The van der Waals surface area contributed by atoms with Gasteiger partial charge in [0.25, 0.3) is 0 Å². The van der Waals surface area contributed by atoms with Gasteiger partial charge in [0.2, 0.25) is 0 Å². The standard InChI is InChI=1S/C14H21ClN2O2/c1-9(2)6-12(8-18)16-14(19)17-13-5-4-11(15)7-10(13)3/h4-5,7,9,12,18H,6,8H2,1-3H3,(H2,16,17,19). The van der Waals surface area contributed by atoms with Crippen LogP contribution in [-0.2, 0) is 0 Å². The van der Waals surface area contributed by atoms with Crippen LogP contribution in [-0.4, -0.2) is 23.8 Å². The molecule has 0 radical (unpaired) electrons. The molecule has 0 saturated carbocycles. The molecule has 4 nitrogen and oxygen atoms in total. The van der Waals surface area contributed by atoms with Gasteiger partial charge in [-0.25, -0.2) is 4.79 Å². The Bertz CT molecular complexity index is 435. The van der Waals surface area contributed by atoms with Gasteiger partial charge in [0.05, 0.1) is 12.6 Å². The van der Waals surface area contributed by atoms with E-state index in [1.165, 1.54) is 0 Å². The van der Waals surface area contributed by atoms with Gasteiger partial charge >= 0.3 is 6.03 Å². The Balaban J connectivity index is 2.59. The molecular formula is C14H21ClN2O2. The Morgan fingerprint density at radius 3 is 2.63 bits per heavy atom. The molecule has 0 heterocycles. The Labute approximate surface area is 119 Å². The first kappa shape index (κ1) is 15.8. The molecule has 0 aliphatic heterocycles. The average Bonchev–Trinajstić information content (AvgIpc) is 2.31. The van der Waals surface area contributed by atoms with Gasteiger partial charge in [-0.3, -0.25) is 0 Å². The number of aliphatic hydroxyl groups is 1. The summed E-state index contributed by atoms with van der Waals surface area (Å²) in [6.07, 6.45) is 0.740. The molecule has 106 valence electrons. The van der Waals surface area contributed by atoms with Crippen molar-refractivity contribution in [2.24, 2.45) is 5.92 Å². The highest BCUT2D eigenvalue weighted by atomic mass is 35.5. The summed E-state index contributed by atoms with van der Waals surface area (Å²) >= 11 is 5.86. The topological polar surface area (TPSA) is 61.4 Å². The fourth-order valence-corrected chi connectivity index (χ4v) is 2.09. The van der Waals surface area contributed by atoms with E-state index in [0.717, 1.165) is 12.0 Å². The number of urea groups is 1. The van der Waals surface area contributed by atoms with Crippen molar-refractivity contribution in [1.29, 1.82) is 0 Å². The average molecular weight is 285 g/mol. The maximum atomic E-state index is 11.8. The van der Waals surface area contributed by atoms with Crippen molar-refractivity contribution in [3.63, 3.8) is 0 Å². The molecule has 0 fully saturated rings. The van der Waals surface area contributed by atoms with Gasteiger partial charge in [-0.15, -0.1) is 0 Å². The monoisotopic (exact) mass is 284 g/mol. The van der Waals surface area contributed by atoms with Crippen LogP contribution in [0.25, 0.3) is 0 Å². The quantitative estimate of drug-likeness (QED) is 0.778. The first-order valence-electron chi connectivity index (χ1n) is 6.37. The van der Waals surface area contributed by atoms with Crippen molar-refractivity contribution in [3.05, 3.63) is 28.8 Å². The van der Waals surface area contributed by atoms with Crippen molar-refractivity contribution in [2.45, 2.75) is 33.2 Å². The van der Waals surface area contributed by atoms with Crippen LogP contribution in [0.15, 0.2) is 18.2 Å². The number of amides is 2. The highest BCUT2D eigenvalue weighted by Gasteiger charge is 2.13. The lowest BCUT2D eigenvalue weighted by Crippen LogP contribution is -2.41. The number of benzene rings is 1. The smallest absolute Gasteiger partial charge is 0.319 e. The molecule has 1 rings (SSSR count). The molecule has 5 heteroatoms. The molecular weight excluding hydrogens is 264 g/mol. The van der Waals surface area contributed by atoms with Crippen LogP contribution in [0.2, 0.25) is 5.02 Å². The largest absolute Gasteiger partial charge is 0.394 e. The normalized spacial score (nSPS) is 12.3. The molecule has 0 aliphatic rings. The molecule has 1 unspecified atom stereocenters. The molecule has 1 atom stereocenters. The minimum Gasteiger partial charge on any atom is -0.394 e. The fourth-order valence-electron chi connectivity index (χ4n) is 1.86. The second-order valence-electron chi connectivity index (χ2n) is 5.07. The summed E-state index contributed by atoms with van der Waals surface area (Å²) in [6.45, 7) is 5.90. The molecule has 0 spiro atoms. The minimum absolute atomic E-state index is 0.0643. The highest BCUT2D eigenvalue weighted by molar-refractivity contribution is 6.30. The van der Waals surface area contributed by atoms with Crippen LogP contribution >= 0.6 is 11.6 Å². The van der Waals surface area contributed by atoms with Crippen LogP contribution < -0.4 is 10.6 Å². The third kappa shape index (κ3) is 5.49. The number of aryl methyl sites for hydroxylation is 1. The van der Waals surface area contributed by atoms with Crippen LogP contribution in [0.4, 0.5) is 10.5 Å². The molecule has 3 N–H and O–H groups in total. The Hall–Kier alpha value is -1.26. The number of carbonyl (C=O) groups excluding carboxylic acids is 1. The first-order chi connectivity index (χ1) is 8.92. The molecule has 1 aromatic rings. The van der Waals surface area contributed by atoms with E-state index >= 15 is 0 Å². The molecule has 1 aromatic carbocycles. The second kappa shape index (κ2) is 7.36. The molecule has 0 aromatic heterocycles. The van der Waals surface area contributed by atoms with Gasteiger partial charge < -0.3 is 15.7 Å². The van der Waals surface area contributed by atoms with Crippen molar-refractivity contribution < 1.29 is 9.90 Å². The van der Waals surface area contributed by atoms with E-state index in [1.54, 1.807) is 18.2 Å². The number of anilines is 1. The zero-order valence-electron chi connectivity index (χ0n) is 11.5. The van der Waals surface area contributed by atoms with Gasteiger partial charge in [-0.1, -0.05) is 25.4 Å². The Kier molecular flexibility index (Phi) is 6.12. The number of aliphatic hydroxyl groups excluding tert-OH is 1. The van der Waals surface area contributed by atoms with E-state index < -0.39 is 0 Å². The van der Waals surface area contributed by atoms with Crippen LogP contribution in [0.3, 0.4) is 0 Å². The number of rotatable bonds is 5. The van der Waals surface area contributed by atoms with E-state index in [9.17, 15) is 9.90 Å². The van der Waals surface area contributed by atoms with E-state index in [2.05, 4.69) is 10.6 Å². The summed E-state index contributed by atoms with van der Waals surface area (Å²) in [5.74, 6) is 0.412. The molecule has 0 aliphatic carbocycles. The third-order valence-corrected chi connectivity index (χ3v) is 2.98. The summed E-state index contributed by atoms with van der Waals surface area (Å²) in [6, 6.07) is 4.72. The van der Waals surface area contributed by atoms with E-state index in [4.69, 9.17) is 11.6 Å². The van der Waals surface area contributed by atoms with Crippen molar-refractivity contribution in [1.82, 2.24) is 5.32 Å². The number of hydrogen-bond donors (Lipinski definition) is 3. The summed E-state index contributed by atoms with van der Waals surface area (Å²) in [5, 5.41) is 15.4. The van der Waals surface area contributed by atoms with Crippen LogP contribution in [0.5, 0.6) is 0 Å². The first-order valence-corrected chi connectivity index (χ1v) is 6.74.